The molecule has 3 rings (SSSR count). The monoisotopic (exact) mass is 280 g/mol. The molecule has 1 atom stereocenters. The summed E-state index contributed by atoms with van der Waals surface area (Å²) >= 11 is 0. The number of halogens is 1. The molecule has 0 heterocycles. The molecule has 0 aromatic heterocycles. The zero-order chi connectivity index (χ0) is 14.8. The predicted molar refractivity (Wildman–Crippen MR) is 83.7 cm³/mol. The molecule has 0 spiro atoms. The van der Waals surface area contributed by atoms with E-state index in [0.29, 0.717) is 6.42 Å². The maximum atomic E-state index is 13.3. The van der Waals surface area contributed by atoms with Crippen molar-refractivity contribution in [3.8, 4) is 0 Å². The Morgan fingerprint density at radius 3 is 2.62 bits per heavy atom. The molecule has 0 fully saturated rings. The minimum absolute atomic E-state index is 0.269. The number of hydrogen-bond acceptors (Lipinski definition) is 1. The Kier molecular flexibility index (Phi) is 3.72. The fraction of sp³-hybridized carbons (Fsp3) is 0.158. The lowest BCUT2D eigenvalue weighted by Crippen LogP contribution is -2.05. The summed E-state index contributed by atoms with van der Waals surface area (Å²) in [7, 11) is 0. The topological polar surface area (TPSA) is 20.2 Å². The Hall–Kier alpha value is -2.19. The fourth-order valence-electron chi connectivity index (χ4n) is 2.84. The fourth-order valence-corrected chi connectivity index (χ4v) is 2.84. The van der Waals surface area contributed by atoms with Crippen molar-refractivity contribution in [2.45, 2.75) is 19.4 Å². The molecule has 21 heavy (non-hydrogen) atoms. The van der Waals surface area contributed by atoms with Crippen LogP contribution in [0.2, 0.25) is 0 Å². The second-order valence-corrected chi connectivity index (χ2v) is 5.37. The van der Waals surface area contributed by atoms with Crippen LogP contribution in [-0.4, -0.2) is 5.11 Å². The summed E-state index contributed by atoms with van der Waals surface area (Å²) in [5.41, 5.74) is 2.78. The van der Waals surface area contributed by atoms with Gasteiger partial charge in [-0.25, -0.2) is 4.39 Å². The van der Waals surface area contributed by atoms with Gasteiger partial charge in [0.25, 0.3) is 0 Å². The molecule has 0 radical (unpaired) electrons. The minimum atomic E-state index is -0.641. The lowest BCUT2D eigenvalue weighted by molar-refractivity contribution is 0.179. The maximum absolute atomic E-state index is 13.3. The summed E-state index contributed by atoms with van der Waals surface area (Å²) in [4.78, 5) is 0. The van der Waals surface area contributed by atoms with E-state index in [1.165, 1.54) is 12.1 Å². The number of benzene rings is 3. The van der Waals surface area contributed by atoms with Gasteiger partial charge < -0.3 is 5.11 Å². The van der Waals surface area contributed by atoms with Crippen LogP contribution < -0.4 is 0 Å². The molecule has 0 aliphatic heterocycles. The van der Waals surface area contributed by atoms with Crippen molar-refractivity contribution in [1.82, 2.24) is 0 Å². The van der Waals surface area contributed by atoms with Gasteiger partial charge in [-0.1, -0.05) is 48.5 Å². The second-order valence-electron chi connectivity index (χ2n) is 5.37. The van der Waals surface area contributed by atoms with Crippen molar-refractivity contribution in [3.63, 3.8) is 0 Å². The summed E-state index contributed by atoms with van der Waals surface area (Å²) < 4.78 is 13.3. The van der Waals surface area contributed by atoms with E-state index in [2.05, 4.69) is 6.07 Å². The van der Waals surface area contributed by atoms with E-state index < -0.39 is 6.10 Å². The van der Waals surface area contributed by atoms with Crippen LogP contribution in [-0.2, 0) is 6.42 Å². The highest BCUT2D eigenvalue weighted by Gasteiger charge is 2.15. The smallest absolute Gasteiger partial charge is 0.123 e. The zero-order valence-electron chi connectivity index (χ0n) is 11.9. The Bertz CT molecular complexity index is 779. The van der Waals surface area contributed by atoms with Crippen molar-refractivity contribution >= 4 is 10.8 Å². The highest BCUT2D eigenvalue weighted by molar-refractivity contribution is 5.87. The summed E-state index contributed by atoms with van der Waals surface area (Å²) in [6.45, 7) is 2.00. The average Bonchev–Trinajstić information content (AvgIpc) is 2.47. The van der Waals surface area contributed by atoms with Crippen LogP contribution in [0.1, 0.15) is 22.8 Å². The minimum Gasteiger partial charge on any atom is -0.388 e. The Labute approximate surface area is 123 Å². The molecule has 106 valence electrons. The molecular formula is C19H17FO. The van der Waals surface area contributed by atoms with Gasteiger partial charge in [0.2, 0.25) is 0 Å². The van der Waals surface area contributed by atoms with E-state index >= 15 is 0 Å². The highest BCUT2D eigenvalue weighted by atomic mass is 19.1. The van der Waals surface area contributed by atoms with E-state index in [4.69, 9.17) is 0 Å². The average molecular weight is 280 g/mol. The third-order valence-corrected chi connectivity index (χ3v) is 3.84. The number of rotatable bonds is 3. The number of aryl methyl sites for hydroxylation is 1. The van der Waals surface area contributed by atoms with Crippen LogP contribution in [0.4, 0.5) is 4.39 Å². The zero-order valence-corrected chi connectivity index (χ0v) is 11.9. The standard InChI is InChI=1S/C19H17FO/c1-13-9-10-15-6-2-3-8-17(15)19(13)18(21)12-14-5-4-7-16(20)11-14/h2-11,18,21H,12H2,1H3. The van der Waals surface area contributed by atoms with Crippen molar-refractivity contribution in [2.75, 3.05) is 0 Å². The molecule has 0 bridgehead atoms. The lowest BCUT2D eigenvalue weighted by atomic mass is 9.92. The van der Waals surface area contributed by atoms with Crippen molar-refractivity contribution in [3.05, 3.63) is 83.2 Å². The molecule has 1 unspecified atom stereocenters. The summed E-state index contributed by atoms with van der Waals surface area (Å²) in [5, 5.41) is 12.8. The molecule has 0 aliphatic carbocycles. The molecule has 0 amide bonds. The number of fused-ring (bicyclic) bond motifs is 1. The van der Waals surface area contributed by atoms with Gasteiger partial charge in [-0.3, -0.25) is 0 Å². The quantitative estimate of drug-likeness (QED) is 0.745. The van der Waals surface area contributed by atoms with Gasteiger partial charge in [-0.15, -0.1) is 0 Å². The van der Waals surface area contributed by atoms with Gasteiger partial charge >= 0.3 is 0 Å². The predicted octanol–water partition coefficient (Wildman–Crippen LogP) is 4.56. The number of aliphatic hydroxyl groups excluding tert-OH is 1. The highest BCUT2D eigenvalue weighted by Crippen LogP contribution is 2.29. The first kappa shape index (κ1) is 13.8. The van der Waals surface area contributed by atoms with Crippen LogP contribution in [0.15, 0.2) is 60.7 Å². The summed E-state index contributed by atoms with van der Waals surface area (Å²) in [5.74, 6) is -0.269. The first-order valence-electron chi connectivity index (χ1n) is 7.06. The number of hydrogen-bond donors (Lipinski definition) is 1. The lowest BCUT2D eigenvalue weighted by Gasteiger charge is -2.17. The molecule has 0 saturated carbocycles. The molecule has 1 N–H and O–H groups in total. The molecule has 2 heteroatoms. The van der Waals surface area contributed by atoms with Crippen LogP contribution in [0.3, 0.4) is 0 Å². The van der Waals surface area contributed by atoms with Crippen molar-refractivity contribution < 1.29 is 9.50 Å². The Morgan fingerprint density at radius 1 is 1.00 bits per heavy atom. The Balaban J connectivity index is 2.01. The number of aliphatic hydroxyl groups is 1. The molecule has 3 aromatic rings. The Morgan fingerprint density at radius 2 is 1.81 bits per heavy atom. The molecule has 0 saturated heterocycles. The van der Waals surface area contributed by atoms with E-state index in [-0.39, 0.29) is 5.82 Å². The van der Waals surface area contributed by atoms with Gasteiger partial charge in [0, 0.05) is 6.42 Å². The van der Waals surface area contributed by atoms with Crippen LogP contribution in [0.25, 0.3) is 10.8 Å². The third kappa shape index (κ3) is 2.81. The second kappa shape index (κ2) is 5.66. The first-order valence-corrected chi connectivity index (χ1v) is 7.06. The maximum Gasteiger partial charge on any atom is 0.123 e. The van der Waals surface area contributed by atoms with Gasteiger partial charge in [0.05, 0.1) is 6.10 Å². The molecule has 1 nitrogen and oxygen atoms in total. The van der Waals surface area contributed by atoms with Crippen LogP contribution in [0.5, 0.6) is 0 Å². The summed E-state index contributed by atoms with van der Waals surface area (Å²) in [6, 6.07) is 18.5. The normalized spacial score (nSPS) is 12.5. The van der Waals surface area contributed by atoms with Gasteiger partial charge in [-0.2, -0.15) is 0 Å². The van der Waals surface area contributed by atoms with Crippen LogP contribution >= 0.6 is 0 Å². The molecule has 0 aliphatic rings. The van der Waals surface area contributed by atoms with Gasteiger partial charge in [0.1, 0.15) is 5.82 Å². The van der Waals surface area contributed by atoms with E-state index in [0.717, 1.165) is 27.5 Å². The van der Waals surface area contributed by atoms with Crippen LogP contribution in [0, 0.1) is 12.7 Å². The van der Waals surface area contributed by atoms with Crippen molar-refractivity contribution in [2.24, 2.45) is 0 Å². The first-order chi connectivity index (χ1) is 10.1. The third-order valence-electron chi connectivity index (χ3n) is 3.84. The SMILES string of the molecule is Cc1ccc2ccccc2c1C(O)Cc1cccc(F)c1. The van der Waals surface area contributed by atoms with Gasteiger partial charge in [-0.05, 0) is 46.5 Å². The van der Waals surface area contributed by atoms with Crippen molar-refractivity contribution in [1.29, 1.82) is 0 Å². The summed E-state index contributed by atoms with van der Waals surface area (Å²) in [6.07, 6.45) is -0.232. The van der Waals surface area contributed by atoms with Gasteiger partial charge in [0.15, 0.2) is 0 Å². The van der Waals surface area contributed by atoms with E-state index in [1.807, 2.05) is 43.3 Å². The van der Waals surface area contributed by atoms with E-state index in [1.54, 1.807) is 6.07 Å². The largest absolute Gasteiger partial charge is 0.388 e. The molecular weight excluding hydrogens is 263 g/mol. The van der Waals surface area contributed by atoms with E-state index in [9.17, 15) is 9.50 Å². The molecule has 3 aromatic carbocycles.